The van der Waals surface area contributed by atoms with Gasteiger partial charge in [0.1, 0.15) is 0 Å². The van der Waals surface area contributed by atoms with Crippen LogP contribution in [0.15, 0.2) is 18.2 Å². The summed E-state index contributed by atoms with van der Waals surface area (Å²) < 4.78 is 1.88. The molecule has 100 valence electrons. The standard InChI is InChI=1S/C14H19N5/c1-10-4-7-12(9-13(10)15)14-16-17-18-19(14)8-2-3-11-5-6-11/h4,7,9,11H,2-3,5-6,8,15H2,1H3. The molecule has 1 aromatic carbocycles. The molecule has 1 heterocycles. The van der Waals surface area contributed by atoms with Crippen molar-refractivity contribution < 1.29 is 0 Å². The maximum Gasteiger partial charge on any atom is 0.182 e. The number of rotatable bonds is 5. The van der Waals surface area contributed by atoms with Crippen LogP contribution in [-0.4, -0.2) is 20.2 Å². The Bertz CT molecular complexity index is 571. The molecule has 0 amide bonds. The average Bonchev–Trinajstić information content (AvgIpc) is 3.10. The van der Waals surface area contributed by atoms with E-state index in [-0.39, 0.29) is 0 Å². The summed E-state index contributed by atoms with van der Waals surface area (Å²) in [6.45, 7) is 2.88. The molecule has 0 bridgehead atoms. The lowest BCUT2D eigenvalue weighted by molar-refractivity contribution is 0.526. The zero-order valence-corrected chi connectivity index (χ0v) is 11.2. The minimum absolute atomic E-state index is 0.782. The lowest BCUT2D eigenvalue weighted by Crippen LogP contribution is -2.04. The second kappa shape index (κ2) is 4.99. The number of benzene rings is 1. The van der Waals surface area contributed by atoms with Crippen molar-refractivity contribution in [2.75, 3.05) is 5.73 Å². The van der Waals surface area contributed by atoms with Crippen molar-refractivity contribution in [1.29, 1.82) is 0 Å². The van der Waals surface area contributed by atoms with E-state index in [1.165, 1.54) is 19.3 Å². The van der Waals surface area contributed by atoms with Gasteiger partial charge in [0.25, 0.3) is 0 Å². The van der Waals surface area contributed by atoms with E-state index < -0.39 is 0 Å². The monoisotopic (exact) mass is 257 g/mol. The molecule has 5 heteroatoms. The van der Waals surface area contributed by atoms with Crippen LogP contribution in [0.1, 0.15) is 31.2 Å². The van der Waals surface area contributed by atoms with Crippen molar-refractivity contribution >= 4 is 5.69 Å². The first kappa shape index (κ1) is 12.1. The normalized spacial score (nSPS) is 14.8. The maximum absolute atomic E-state index is 5.95. The summed E-state index contributed by atoms with van der Waals surface area (Å²) in [6.07, 6.45) is 5.23. The van der Waals surface area contributed by atoms with Crippen LogP contribution in [0.4, 0.5) is 5.69 Å². The fourth-order valence-electron chi connectivity index (χ4n) is 2.28. The van der Waals surface area contributed by atoms with Crippen LogP contribution >= 0.6 is 0 Å². The Morgan fingerprint density at radius 1 is 1.37 bits per heavy atom. The third-order valence-electron chi connectivity index (χ3n) is 3.75. The van der Waals surface area contributed by atoms with Gasteiger partial charge in [-0.25, -0.2) is 4.68 Å². The topological polar surface area (TPSA) is 69.6 Å². The Labute approximate surface area is 112 Å². The van der Waals surface area contributed by atoms with Crippen LogP contribution in [-0.2, 0) is 6.54 Å². The molecule has 0 radical (unpaired) electrons. The summed E-state index contributed by atoms with van der Waals surface area (Å²) >= 11 is 0. The van der Waals surface area contributed by atoms with Crippen molar-refractivity contribution in [3.05, 3.63) is 23.8 Å². The second-order valence-electron chi connectivity index (χ2n) is 5.38. The smallest absolute Gasteiger partial charge is 0.182 e. The molecule has 19 heavy (non-hydrogen) atoms. The molecule has 1 fully saturated rings. The van der Waals surface area contributed by atoms with Gasteiger partial charge >= 0.3 is 0 Å². The predicted molar refractivity (Wildman–Crippen MR) is 74.4 cm³/mol. The zero-order valence-electron chi connectivity index (χ0n) is 11.2. The van der Waals surface area contributed by atoms with Gasteiger partial charge in [-0.2, -0.15) is 0 Å². The van der Waals surface area contributed by atoms with Crippen LogP contribution < -0.4 is 5.73 Å². The van der Waals surface area contributed by atoms with Gasteiger partial charge in [0.05, 0.1) is 0 Å². The highest BCUT2D eigenvalue weighted by Gasteiger charge is 2.20. The van der Waals surface area contributed by atoms with Crippen LogP contribution in [0.3, 0.4) is 0 Å². The van der Waals surface area contributed by atoms with Gasteiger partial charge < -0.3 is 5.73 Å². The number of nitrogens with zero attached hydrogens (tertiary/aromatic N) is 4. The number of nitrogens with two attached hydrogens (primary N) is 1. The number of anilines is 1. The highest BCUT2D eigenvalue weighted by Crippen LogP contribution is 2.33. The Kier molecular flexibility index (Phi) is 3.19. The summed E-state index contributed by atoms with van der Waals surface area (Å²) in [4.78, 5) is 0. The zero-order chi connectivity index (χ0) is 13.2. The number of hydrogen-bond acceptors (Lipinski definition) is 4. The van der Waals surface area contributed by atoms with E-state index in [0.29, 0.717) is 0 Å². The fourth-order valence-corrected chi connectivity index (χ4v) is 2.28. The summed E-state index contributed by atoms with van der Waals surface area (Å²) in [5.74, 6) is 1.76. The molecule has 0 saturated heterocycles. The SMILES string of the molecule is Cc1ccc(-c2nnnn2CCCC2CC2)cc1N. The molecule has 1 saturated carbocycles. The summed E-state index contributed by atoms with van der Waals surface area (Å²) in [6, 6.07) is 5.97. The van der Waals surface area contributed by atoms with Crippen molar-refractivity contribution in [2.24, 2.45) is 5.92 Å². The lowest BCUT2D eigenvalue weighted by atomic mass is 10.1. The summed E-state index contributed by atoms with van der Waals surface area (Å²) in [5.41, 5.74) is 8.80. The van der Waals surface area contributed by atoms with Gasteiger partial charge in [0.15, 0.2) is 5.82 Å². The highest BCUT2D eigenvalue weighted by atomic mass is 15.5. The van der Waals surface area contributed by atoms with Gasteiger partial charge in [0, 0.05) is 17.8 Å². The number of tetrazole rings is 1. The number of aryl methyl sites for hydroxylation is 2. The van der Waals surface area contributed by atoms with Crippen molar-refractivity contribution in [3.8, 4) is 11.4 Å². The number of aromatic nitrogens is 4. The lowest BCUT2D eigenvalue weighted by Gasteiger charge is -2.06. The number of nitrogen functional groups attached to an aromatic ring is 1. The summed E-state index contributed by atoms with van der Waals surface area (Å²) in [7, 11) is 0. The molecule has 2 aromatic rings. The van der Waals surface area contributed by atoms with Gasteiger partial charge in [-0.3, -0.25) is 0 Å². The van der Waals surface area contributed by atoms with E-state index in [2.05, 4.69) is 15.5 Å². The molecular formula is C14H19N5. The number of hydrogen-bond donors (Lipinski definition) is 1. The van der Waals surface area contributed by atoms with E-state index in [1.54, 1.807) is 0 Å². The van der Waals surface area contributed by atoms with Crippen LogP contribution in [0.2, 0.25) is 0 Å². The van der Waals surface area contributed by atoms with Crippen molar-refractivity contribution in [1.82, 2.24) is 20.2 Å². The molecule has 0 atom stereocenters. The average molecular weight is 257 g/mol. The molecule has 1 aliphatic carbocycles. The molecular weight excluding hydrogens is 238 g/mol. The fraction of sp³-hybridized carbons (Fsp3) is 0.500. The van der Waals surface area contributed by atoms with Gasteiger partial charge in [-0.15, -0.1) is 5.10 Å². The molecule has 3 rings (SSSR count). The third kappa shape index (κ3) is 2.75. The molecule has 1 aromatic heterocycles. The van der Waals surface area contributed by atoms with E-state index >= 15 is 0 Å². The molecule has 5 nitrogen and oxygen atoms in total. The van der Waals surface area contributed by atoms with Gasteiger partial charge in [-0.1, -0.05) is 25.0 Å². The largest absolute Gasteiger partial charge is 0.398 e. The Balaban J connectivity index is 1.75. The Morgan fingerprint density at radius 3 is 2.95 bits per heavy atom. The van der Waals surface area contributed by atoms with E-state index in [1.807, 2.05) is 29.8 Å². The minimum Gasteiger partial charge on any atom is -0.398 e. The van der Waals surface area contributed by atoms with Crippen molar-refractivity contribution in [2.45, 2.75) is 39.2 Å². The first-order valence-electron chi connectivity index (χ1n) is 6.86. The quantitative estimate of drug-likeness (QED) is 0.835. The minimum atomic E-state index is 0.782. The molecule has 0 spiro atoms. The molecule has 2 N–H and O–H groups in total. The molecule has 0 aliphatic heterocycles. The molecule has 0 unspecified atom stereocenters. The van der Waals surface area contributed by atoms with Crippen LogP contribution in [0, 0.1) is 12.8 Å². The van der Waals surface area contributed by atoms with E-state index in [0.717, 1.165) is 41.5 Å². The Morgan fingerprint density at radius 2 is 2.21 bits per heavy atom. The van der Waals surface area contributed by atoms with Gasteiger partial charge in [-0.05, 0) is 47.7 Å². The van der Waals surface area contributed by atoms with E-state index in [4.69, 9.17) is 5.73 Å². The maximum atomic E-state index is 5.95. The van der Waals surface area contributed by atoms with Gasteiger partial charge in [0.2, 0.25) is 0 Å². The predicted octanol–water partition coefficient (Wildman–Crippen LogP) is 2.42. The van der Waals surface area contributed by atoms with Crippen LogP contribution in [0.25, 0.3) is 11.4 Å². The Hall–Kier alpha value is -1.91. The third-order valence-corrected chi connectivity index (χ3v) is 3.75. The first-order chi connectivity index (χ1) is 9.24. The van der Waals surface area contributed by atoms with E-state index in [9.17, 15) is 0 Å². The highest BCUT2D eigenvalue weighted by molar-refractivity contribution is 5.63. The summed E-state index contributed by atoms with van der Waals surface area (Å²) in [5, 5.41) is 12.0. The second-order valence-corrected chi connectivity index (χ2v) is 5.38. The molecule has 1 aliphatic rings. The van der Waals surface area contributed by atoms with Crippen LogP contribution in [0.5, 0.6) is 0 Å². The first-order valence-corrected chi connectivity index (χ1v) is 6.86. The van der Waals surface area contributed by atoms with Crippen molar-refractivity contribution in [3.63, 3.8) is 0 Å².